The number of hydrogen-bond acceptors (Lipinski definition) is 5. The van der Waals surface area contributed by atoms with Crippen molar-refractivity contribution in [2.75, 3.05) is 11.9 Å². The van der Waals surface area contributed by atoms with Gasteiger partial charge in [-0.1, -0.05) is 12.1 Å². The molecule has 3 N–H and O–H groups in total. The second-order valence-corrected chi connectivity index (χ2v) is 4.44. The van der Waals surface area contributed by atoms with Gasteiger partial charge in [-0.2, -0.15) is 0 Å². The number of aromatic nitrogens is 2. The Bertz CT molecular complexity index is 416. The largest absolute Gasteiger partial charge is 0.409 e. The maximum Gasteiger partial charge on any atom is 0.192 e. The summed E-state index contributed by atoms with van der Waals surface area (Å²) in [6.07, 6.45) is 4.05. The number of rotatable bonds is 4. The Labute approximate surface area is 101 Å². The zero-order valence-electron chi connectivity index (χ0n) is 10.7. The van der Waals surface area contributed by atoms with Crippen molar-refractivity contribution in [2.24, 2.45) is 10.9 Å². The summed E-state index contributed by atoms with van der Waals surface area (Å²) in [6, 6.07) is 0. The third-order valence-electron chi connectivity index (χ3n) is 3.12. The molecule has 17 heavy (non-hydrogen) atoms. The topological polar surface area (TPSA) is 87.6 Å². The van der Waals surface area contributed by atoms with E-state index in [9.17, 15) is 0 Å². The Balaban J connectivity index is 3.23. The third-order valence-corrected chi connectivity index (χ3v) is 3.12. The first-order valence-electron chi connectivity index (χ1n) is 5.46. The lowest BCUT2D eigenvalue weighted by molar-refractivity contribution is 0.318. The smallest absolute Gasteiger partial charge is 0.192 e. The minimum Gasteiger partial charge on any atom is -0.409 e. The van der Waals surface area contributed by atoms with Crippen LogP contribution >= 0.6 is 0 Å². The van der Waals surface area contributed by atoms with Crippen LogP contribution in [0.15, 0.2) is 17.5 Å². The Morgan fingerprint density at radius 1 is 1.47 bits per heavy atom. The highest BCUT2D eigenvalue weighted by molar-refractivity contribution is 5.99. The highest BCUT2D eigenvalue weighted by Gasteiger charge is 2.25. The van der Waals surface area contributed by atoms with E-state index in [4.69, 9.17) is 10.9 Å². The van der Waals surface area contributed by atoms with Gasteiger partial charge < -0.3 is 15.8 Å². The molecule has 1 aromatic heterocycles. The number of nitrogens with zero attached hydrogens (tertiary/aromatic N) is 4. The number of nitrogens with two attached hydrogens (primary N) is 1. The van der Waals surface area contributed by atoms with E-state index in [2.05, 4.69) is 35.9 Å². The summed E-state index contributed by atoms with van der Waals surface area (Å²) in [6.45, 7) is 6.28. The highest BCUT2D eigenvalue weighted by Crippen LogP contribution is 2.24. The lowest BCUT2D eigenvalue weighted by Crippen LogP contribution is -2.42. The average Bonchev–Trinajstić information content (AvgIpc) is 2.36. The molecule has 0 aliphatic rings. The first-order chi connectivity index (χ1) is 7.94. The van der Waals surface area contributed by atoms with Gasteiger partial charge >= 0.3 is 0 Å². The van der Waals surface area contributed by atoms with E-state index in [0.29, 0.717) is 11.5 Å². The Morgan fingerprint density at radius 3 is 2.59 bits per heavy atom. The molecule has 94 valence electrons. The van der Waals surface area contributed by atoms with Crippen LogP contribution in [0.2, 0.25) is 0 Å². The molecule has 0 fully saturated rings. The fourth-order valence-electron chi connectivity index (χ4n) is 1.33. The van der Waals surface area contributed by atoms with Gasteiger partial charge in [-0.25, -0.2) is 9.97 Å². The van der Waals surface area contributed by atoms with Crippen LogP contribution in [0.5, 0.6) is 0 Å². The van der Waals surface area contributed by atoms with Gasteiger partial charge in [0.1, 0.15) is 0 Å². The van der Waals surface area contributed by atoms with E-state index in [1.807, 2.05) is 11.9 Å². The van der Waals surface area contributed by atoms with E-state index < -0.39 is 0 Å². The lowest BCUT2D eigenvalue weighted by Gasteiger charge is -2.36. The molecule has 1 heterocycles. The van der Waals surface area contributed by atoms with Gasteiger partial charge in [0, 0.05) is 25.0 Å². The molecular formula is C11H19N5O. The molecule has 0 amide bonds. The molecule has 6 heteroatoms. The van der Waals surface area contributed by atoms with E-state index in [0.717, 1.165) is 6.42 Å². The lowest BCUT2D eigenvalue weighted by atomic mass is 10.00. The van der Waals surface area contributed by atoms with Crippen molar-refractivity contribution < 1.29 is 5.21 Å². The van der Waals surface area contributed by atoms with Crippen molar-refractivity contribution >= 4 is 11.7 Å². The number of oxime groups is 1. The Kier molecular flexibility index (Phi) is 3.88. The van der Waals surface area contributed by atoms with Gasteiger partial charge in [0.2, 0.25) is 0 Å². The third kappa shape index (κ3) is 2.64. The van der Waals surface area contributed by atoms with E-state index in [1.54, 1.807) is 6.20 Å². The highest BCUT2D eigenvalue weighted by atomic mass is 16.4. The van der Waals surface area contributed by atoms with Crippen molar-refractivity contribution in [3.8, 4) is 0 Å². The quantitative estimate of drug-likeness (QED) is 0.355. The van der Waals surface area contributed by atoms with Crippen LogP contribution in [0.4, 0.5) is 5.82 Å². The van der Waals surface area contributed by atoms with E-state index in [1.165, 1.54) is 6.20 Å². The number of anilines is 1. The summed E-state index contributed by atoms with van der Waals surface area (Å²) < 4.78 is 0. The normalized spacial score (nSPS) is 12.6. The first-order valence-corrected chi connectivity index (χ1v) is 5.46. The standard InChI is InChI=1S/C11H19N5O/c1-5-11(2,3)16(4)10-8(9(12)15-17)13-6-7-14-10/h6-7,17H,5H2,1-4H3,(H2,12,15). The minimum absolute atomic E-state index is 0.0353. The van der Waals surface area contributed by atoms with Crippen LogP contribution in [-0.2, 0) is 0 Å². The van der Waals surface area contributed by atoms with Crippen LogP contribution in [0.1, 0.15) is 32.9 Å². The fraction of sp³-hybridized carbons (Fsp3) is 0.545. The predicted molar refractivity (Wildman–Crippen MR) is 67.3 cm³/mol. The first kappa shape index (κ1) is 13.2. The maximum absolute atomic E-state index is 8.73. The van der Waals surface area contributed by atoms with Crippen molar-refractivity contribution in [1.82, 2.24) is 9.97 Å². The van der Waals surface area contributed by atoms with Crippen molar-refractivity contribution in [3.05, 3.63) is 18.1 Å². The average molecular weight is 237 g/mol. The van der Waals surface area contributed by atoms with Gasteiger partial charge in [-0.05, 0) is 20.3 Å². The molecule has 0 aromatic carbocycles. The van der Waals surface area contributed by atoms with Crippen LogP contribution < -0.4 is 10.6 Å². The molecule has 0 spiro atoms. The summed E-state index contributed by atoms with van der Waals surface area (Å²) in [5.41, 5.74) is 5.89. The summed E-state index contributed by atoms with van der Waals surface area (Å²) >= 11 is 0. The van der Waals surface area contributed by atoms with Gasteiger partial charge in [-0.3, -0.25) is 0 Å². The predicted octanol–water partition coefficient (Wildman–Crippen LogP) is 1.20. The molecule has 0 aliphatic heterocycles. The zero-order valence-corrected chi connectivity index (χ0v) is 10.7. The molecule has 0 aliphatic carbocycles. The maximum atomic E-state index is 8.73. The van der Waals surface area contributed by atoms with Crippen molar-refractivity contribution in [2.45, 2.75) is 32.7 Å². The fourth-order valence-corrected chi connectivity index (χ4v) is 1.33. The zero-order chi connectivity index (χ0) is 13.1. The van der Waals surface area contributed by atoms with E-state index >= 15 is 0 Å². The molecule has 0 bridgehead atoms. The summed E-state index contributed by atoms with van der Waals surface area (Å²) in [5.74, 6) is 0.571. The molecule has 0 unspecified atom stereocenters. The molecule has 1 rings (SSSR count). The molecule has 0 saturated heterocycles. The minimum atomic E-state index is -0.0828. The van der Waals surface area contributed by atoms with Gasteiger partial charge in [-0.15, -0.1) is 0 Å². The molecule has 0 atom stereocenters. The van der Waals surface area contributed by atoms with Crippen molar-refractivity contribution in [3.63, 3.8) is 0 Å². The Hall–Kier alpha value is -1.85. The summed E-state index contributed by atoms with van der Waals surface area (Å²) in [5, 5.41) is 11.7. The SMILES string of the molecule is CCC(C)(C)N(C)c1nccnc1C(N)=NO. The molecule has 0 saturated carbocycles. The number of amidine groups is 1. The second kappa shape index (κ2) is 4.99. The van der Waals surface area contributed by atoms with Gasteiger partial charge in [0.15, 0.2) is 17.3 Å². The van der Waals surface area contributed by atoms with Gasteiger partial charge in [0.25, 0.3) is 0 Å². The second-order valence-electron chi connectivity index (χ2n) is 4.44. The summed E-state index contributed by atoms with van der Waals surface area (Å²) in [7, 11) is 1.92. The van der Waals surface area contributed by atoms with Crippen LogP contribution in [0.25, 0.3) is 0 Å². The van der Waals surface area contributed by atoms with Crippen molar-refractivity contribution in [1.29, 1.82) is 0 Å². The van der Waals surface area contributed by atoms with Gasteiger partial charge in [0.05, 0.1) is 0 Å². The molecular weight excluding hydrogens is 218 g/mol. The summed E-state index contributed by atoms with van der Waals surface area (Å²) in [4.78, 5) is 10.3. The Morgan fingerprint density at radius 2 is 2.06 bits per heavy atom. The van der Waals surface area contributed by atoms with Crippen LogP contribution in [0, 0.1) is 0 Å². The van der Waals surface area contributed by atoms with Crippen LogP contribution in [-0.4, -0.2) is 33.6 Å². The molecule has 0 radical (unpaired) electrons. The number of hydrogen-bond donors (Lipinski definition) is 2. The molecule has 1 aromatic rings. The molecule has 6 nitrogen and oxygen atoms in total. The monoisotopic (exact) mass is 237 g/mol. The van der Waals surface area contributed by atoms with Crippen LogP contribution in [0.3, 0.4) is 0 Å². The van der Waals surface area contributed by atoms with E-state index in [-0.39, 0.29) is 11.4 Å².